The number of hydrogen-bond acceptors (Lipinski definition) is 5. The Morgan fingerprint density at radius 1 is 1.00 bits per heavy atom. The van der Waals surface area contributed by atoms with Crippen LogP contribution < -0.4 is 10.1 Å². The zero-order valence-corrected chi connectivity index (χ0v) is 17.1. The van der Waals surface area contributed by atoms with Gasteiger partial charge in [0, 0.05) is 6.92 Å². The monoisotopic (exact) mass is 409 g/mol. The number of rotatable bonds is 5. The summed E-state index contributed by atoms with van der Waals surface area (Å²) in [6.07, 6.45) is 0. The summed E-state index contributed by atoms with van der Waals surface area (Å²) in [6.45, 7) is 6.85. The van der Waals surface area contributed by atoms with Gasteiger partial charge in [0.1, 0.15) is 0 Å². The third kappa shape index (κ3) is 5.62. The molecule has 0 saturated carbocycles. The first kappa shape index (κ1) is 21.1. The molecular weight excluding hydrogens is 389 g/mol. The largest absolute Gasteiger partial charge is 0.454 e. The summed E-state index contributed by atoms with van der Waals surface area (Å²) >= 11 is 12.6. The highest BCUT2D eigenvalue weighted by molar-refractivity contribution is 6.39. The lowest BCUT2D eigenvalue weighted by Crippen LogP contribution is -2.19. The van der Waals surface area contributed by atoms with E-state index < -0.39 is 18.5 Å². The first-order chi connectivity index (χ1) is 12.6. The van der Waals surface area contributed by atoms with Crippen LogP contribution in [0.25, 0.3) is 0 Å². The van der Waals surface area contributed by atoms with Crippen molar-refractivity contribution >= 4 is 46.5 Å². The number of hydrogen-bond donors (Lipinski definition) is 1. The number of carbonyl (C=O) groups excluding carboxylic acids is 2. The lowest BCUT2D eigenvalue weighted by Gasteiger charge is -2.25. The molecule has 0 unspecified atom stereocenters. The van der Waals surface area contributed by atoms with Crippen molar-refractivity contribution < 1.29 is 19.1 Å². The number of benzene rings is 2. The number of para-hydroxylation sites is 2. The summed E-state index contributed by atoms with van der Waals surface area (Å²) < 4.78 is 10.1. The van der Waals surface area contributed by atoms with Crippen LogP contribution in [0.2, 0.25) is 10.0 Å². The van der Waals surface area contributed by atoms with E-state index in [0.717, 1.165) is 5.56 Å². The van der Waals surface area contributed by atoms with E-state index in [9.17, 15) is 9.59 Å². The molecule has 7 heteroatoms. The zero-order chi connectivity index (χ0) is 20.2. The van der Waals surface area contributed by atoms with Crippen molar-refractivity contribution in [2.45, 2.75) is 33.1 Å². The molecule has 1 N–H and O–H groups in total. The lowest BCUT2D eigenvalue weighted by molar-refractivity contribution is -0.151. The quantitative estimate of drug-likeness (QED) is 0.521. The molecule has 27 heavy (non-hydrogen) atoms. The number of halogens is 2. The molecule has 0 bridgehead atoms. The standard InChI is InChI=1S/C20H21Cl2NO4/c1-12(24)26-11-17(25)27-16-10-5-7-13(20(2,3)4)18(16)23-19-14(21)8-6-9-15(19)22/h5-10,23H,11H2,1-4H3. The fraction of sp³-hybridized carbons (Fsp3) is 0.300. The topological polar surface area (TPSA) is 64.6 Å². The van der Waals surface area contributed by atoms with Crippen LogP contribution in [0.3, 0.4) is 0 Å². The van der Waals surface area contributed by atoms with Gasteiger partial charge in [-0.2, -0.15) is 0 Å². The Bertz CT molecular complexity index is 839. The number of carbonyl (C=O) groups is 2. The van der Waals surface area contributed by atoms with E-state index >= 15 is 0 Å². The SMILES string of the molecule is CC(=O)OCC(=O)Oc1cccc(C(C)(C)C)c1Nc1c(Cl)cccc1Cl. The van der Waals surface area contributed by atoms with Crippen molar-refractivity contribution in [3.63, 3.8) is 0 Å². The highest BCUT2D eigenvalue weighted by Crippen LogP contribution is 2.41. The van der Waals surface area contributed by atoms with E-state index in [1.807, 2.05) is 26.8 Å². The van der Waals surface area contributed by atoms with E-state index in [1.54, 1.807) is 30.3 Å². The highest BCUT2D eigenvalue weighted by Gasteiger charge is 2.23. The van der Waals surface area contributed by atoms with E-state index in [4.69, 9.17) is 32.7 Å². The molecule has 0 heterocycles. The molecule has 0 amide bonds. The van der Waals surface area contributed by atoms with Gasteiger partial charge in [-0.15, -0.1) is 0 Å². The van der Waals surface area contributed by atoms with Gasteiger partial charge in [-0.05, 0) is 29.2 Å². The first-order valence-corrected chi connectivity index (χ1v) is 9.03. The number of anilines is 2. The molecule has 5 nitrogen and oxygen atoms in total. The third-order valence-corrected chi connectivity index (χ3v) is 4.29. The molecule has 2 aromatic rings. The molecular formula is C20H21Cl2NO4. The Balaban J connectivity index is 2.45. The fourth-order valence-electron chi connectivity index (χ4n) is 2.43. The van der Waals surface area contributed by atoms with Gasteiger partial charge in [0.05, 0.1) is 21.4 Å². The van der Waals surface area contributed by atoms with Gasteiger partial charge in [0.2, 0.25) is 0 Å². The molecule has 0 aliphatic heterocycles. The molecule has 0 aromatic heterocycles. The molecule has 2 aromatic carbocycles. The fourth-order valence-corrected chi connectivity index (χ4v) is 2.92. The predicted octanol–water partition coefficient (Wildman–Crippen LogP) is 5.50. The van der Waals surface area contributed by atoms with Gasteiger partial charge in [-0.25, -0.2) is 4.79 Å². The minimum Gasteiger partial charge on any atom is -0.454 e. The Labute approximate surface area is 168 Å². The van der Waals surface area contributed by atoms with Crippen molar-refractivity contribution in [2.24, 2.45) is 0 Å². The Morgan fingerprint density at radius 2 is 1.59 bits per heavy atom. The molecule has 0 atom stereocenters. The van der Waals surface area contributed by atoms with Crippen LogP contribution in [0.15, 0.2) is 36.4 Å². The van der Waals surface area contributed by atoms with Crippen molar-refractivity contribution in [3.8, 4) is 5.75 Å². The molecule has 144 valence electrons. The van der Waals surface area contributed by atoms with Crippen molar-refractivity contribution in [3.05, 3.63) is 52.0 Å². The second kappa shape index (κ2) is 8.63. The van der Waals surface area contributed by atoms with E-state index in [2.05, 4.69) is 5.32 Å². The Morgan fingerprint density at radius 3 is 2.15 bits per heavy atom. The summed E-state index contributed by atoms with van der Waals surface area (Å²) in [5, 5.41) is 4.07. The van der Waals surface area contributed by atoms with Gasteiger partial charge in [-0.3, -0.25) is 4.79 Å². The van der Waals surface area contributed by atoms with Gasteiger partial charge >= 0.3 is 11.9 Å². The van der Waals surface area contributed by atoms with Crippen molar-refractivity contribution in [1.82, 2.24) is 0 Å². The van der Waals surface area contributed by atoms with Gasteiger partial charge in [-0.1, -0.05) is 62.2 Å². The van der Waals surface area contributed by atoms with Gasteiger partial charge in [0.15, 0.2) is 12.4 Å². The number of nitrogens with one attached hydrogen (secondary N) is 1. The van der Waals surface area contributed by atoms with Crippen LogP contribution in [0.4, 0.5) is 11.4 Å². The predicted molar refractivity (Wildman–Crippen MR) is 107 cm³/mol. The average molecular weight is 410 g/mol. The van der Waals surface area contributed by atoms with Crippen LogP contribution in [-0.2, 0) is 19.7 Å². The lowest BCUT2D eigenvalue weighted by atomic mass is 9.85. The summed E-state index contributed by atoms with van der Waals surface area (Å²) in [5.74, 6) is -0.961. The van der Waals surface area contributed by atoms with Crippen LogP contribution in [0.5, 0.6) is 5.75 Å². The maximum Gasteiger partial charge on any atom is 0.349 e. The zero-order valence-electron chi connectivity index (χ0n) is 15.6. The molecule has 2 rings (SSSR count). The van der Waals surface area contributed by atoms with Crippen LogP contribution >= 0.6 is 23.2 Å². The normalized spacial score (nSPS) is 11.0. The summed E-state index contributed by atoms with van der Waals surface area (Å²) in [5.41, 5.74) is 1.72. The van der Waals surface area contributed by atoms with Crippen LogP contribution in [-0.4, -0.2) is 18.5 Å². The summed E-state index contributed by atoms with van der Waals surface area (Å²) in [7, 11) is 0. The summed E-state index contributed by atoms with van der Waals surface area (Å²) in [6, 6.07) is 10.5. The summed E-state index contributed by atoms with van der Waals surface area (Å²) in [4.78, 5) is 22.9. The van der Waals surface area contributed by atoms with Gasteiger partial charge < -0.3 is 14.8 Å². The maximum atomic E-state index is 12.0. The van der Waals surface area contributed by atoms with Crippen LogP contribution in [0, 0.1) is 0 Å². The minimum atomic E-state index is -0.690. The average Bonchev–Trinajstić information content (AvgIpc) is 2.56. The Kier molecular flexibility index (Phi) is 6.73. The molecule has 0 saturated heterocycles. The molecule has 0 fully saturated rings. The first-order valence-electron chi connectivity index (χ1n) is 8.28. The number of ether oxygens (including phenoxy) is 2. The smallest absolute Gasteiger partial charge is 0.349 e. The van der Waals surface area contributed by atoms with E-state index in [1.165, 1.54) is 6.92 Å². The molecule has 0 aliphatic carbocycles. The van der Waals surface area contributed by atoms with Crippen molar-refractivity contribution in [2.75, 3.05) is 11.9 Å². The van der Waals surface area contributed by atoms with Crippen LogP contribution in [0.1, 0.15) is 33.3 Å². The van der Waals surface area contributed by atoms with E-state index in [0.29, 0.717) is 21.4 Å². The van der Waals surface area contributed by atoms with E-state index in [-0.39, 0.29) is 11.2 Å². The minimum absolute atomic E-state index is 0.256. The second-order valence-corrected chi connectivity index (χ2v) is 7.72. The molecule has 0 aliphatic rings. The molecule has 0 radical (unpaired) electrons. The molecule has 0 spiro atoms. The highest BCUT2D eigenvalue weighted by atomic mass is 35.5. The van der Waals surface area contributed by atoms with Crippen molar-refractivity contribution in [1.29, 1.82) is 0 Å². The van der Waals surface area contributed by atoms with Gasteiger partial charge in [0.25, 0.3) is 0 Å². The Hall–Kier alpha value is -2.24. The second-order valence-electron chi connectivity index (χ2n) is 6.90. The maximum absolute atomic E-state index is 12.0. The third-order valence-electron chi connectivity index (χ3n) is 3.66. The number of esters is 2.